The molecule has 0 bridgehead atoms. The first-order chi connectivity index (χ1) is 5.95. The van der Waals surface area contributed by atoms with Crippen molar-refractivity contribution in [3.63, 3.8) is 0 Å². The second-order valence-electron chi connectivity index (χ2n) is 2.42. The van der Waals surface area contributed by atoms with Crippen LogP contribution in [0.3, 0.4) is 0 Å². The lowest BCUT2D eigenvalue weighted by Gasteiger charge is -2.04. The third-order valence-corrected chi connectivity index (χ3v) is 3.39. The number of rotatable bonds is 1. The molecule has 0 aliphatic rings. The number of phenolic OH excluding ortho intramolecular Hbond substituents is 1. The molecule has 1 aromatic rings. The van der Waals surface area contributed by atoms with E-state index in [0.717, 1.165) is 5.56 Å². The Hall–Kier alpha value is -0.620. The fourth-order valence-corrected chi connectivity index (χ4v) is 1.93. The van der Waals surface area contributed by atoms with Gasteiger partial charge < -0.3 is 5.11 Å². The van der Waals surface area contributed by atoms with Gasteiger partial charge in [-0.1, -0.05) is 15.9 Å². The van der Waals surface area contributed by atoms with Gasteiger partial charge in [-0.15, -0.1) is 0 Å². The molecule has 0 fully saturated rings. The van der Waals surface area contributed by atoms with Crippen molar-refractivity contribution in [2.24, 2.45) is 0 Å². The van der Waals surface area contributed by atoms with Gasteiger partial charge in [0.25, 0.3) is 0 Å². The van der Waals surface area contributed by atoms with Crippen molar-refractivity contribution in [3.05, 3.63) is 30.7 Å². The molecule has 0 amide bonds. The number of nitro groups is 1. The third kappa shape index (κ3) is 1.83. The van der Waals surface area contributed by atoms with Crippen molar-refractivity contribution in [2.75, 3.05) is 0 Å². The minimum atomic E-state index is -0.635. The highest BCUT2D eigenvalue weighted by atomic mass is 79.9. The molecule has 0 aliphatic heterocycles. The molecule has 0 aromatic heterocycles. The van der Waals surface area contributed by atoms with Crippen LogP contribution in [0.25, 0.3) is 0 Å². The molecular formula is C7H5Br2NO3. The van der Waals surface area contributed by atoms with E-state index < -0.39 is 4.92 Å². The number of halogens is 2. The maximum Gasteiger partial charge on any atom is 0.313 e. The number of benzene rings is 1. The fraction of sp³-hybridized carbons (Fsp3) is 0.143. The molecule has 1 N–H and O–H groups in total. The van der Waals surface area contributed by atoms with Gasteiger partial charge in [0.2, 0.25) is 5.75 Å². The van der Waals surface area contributed by atoms with E-state index in [-0.39, 0.29) is 11.4 Å². The Labute approximate surface area is 91.0 Å². The van der Waals surface area contributed by atoms with Crippen LogP contribution in [0.5, 0.6) is 5.75 Å². The van der Waals surface area contributed by atoms with E-state index >= 15 is 0 Å². The zero-order valence-corrected chi connectivity index (χ0v) is 9.72. The number of aromatic hydroxyl groups is 1. The second kappa shape index (κ2) is 3.63. The summed E-state index contributed by atoms with van der Waals surface area (Å²) in [5.41, 5.74) is 0.410. The van der Waals surface area contributed by atoms with Gasteiger partial charge in [0.15, 0.2) is 0 Å². The van der Waals surface area contributed by atoms with Gasteiger partial charge in [0, 0.05) is 10.5 Å². The minimum absolute atomic E-state index is 0.315. The van der Waals surface area contributed by atoms with Crippen LogP contribution in [-0.4, -0.2) is 10.0 Å². The Kier molecular flexibility index (Phi) is 2.92. The van der Waals surface area contributed by atoms with E-state index in [4.69, 9.17) is 0 Å². The fourth-order valence-electron chi connectivity index (χ4n) is 0.831. The number of hydrogen-bond donors (Lipinski definition) is 1. The molecule has 6 heteroatoms. The summed E-state index contributed by atoms with van der Waals surface area (Å²) >= 11 is 6.22. The quantitative estimate of drug-likeness (QED) is 0.640. The molecule has 4 nitrogen and oxygen atoms in total. The van der Waals surface area contributed by atoms with E-state index in [0.29, 0.717) is 8.95 Å². The molecule has 0 heterocycles. The minimum Gasteiger partial charge on any atom is -0.501 e. The van der Waals surface area contributed by atoms with Crippen LogP contribution in [0.2, 0.25) is 0 Å². The predicted octanol–water partition coefficient (Wildman–Crippen LogP) is 3.13. The van der Waals surface area contributed by atoms with E-state index in [2.05, 4.69) is 31.9 Å². The summed E-state index contributed by atoms with van der Waals surface area (Å²) in [6.45, 7) is 1.73. The summed E-state index contributed by atoms with van der Waals surface area (Å²) in [5.74, 6) is -0.342. The lowest BCUT2D eigenvalue weighted by molar-refractivity contribution is -0.386. The number of phenols is 1. The van der Waals surface area contributed by atoms with Crippen molar-refractivity contribution in [2.45, 2.75) is 6.92 Å². The molecule has 0 unspecified atom stereocenters. The van der Waals surface area contributed by atoms with Crippen molar-refractivity contribution in [3.8, 4) is 5.75 Å². The number of nitrogens with zero attached hydrogens (tertiary/aromatic N) is 1. The van der Waals surface area contributed by atoms with Crippen molar-refractivity contribution < 1.29 is 10.0 Å². The lowest BCUT2D eigenvalue weighted by atomic mass is 10.2. The molecule has 13 heavy (non-hydrogen) atoms. The average molecular weight is 311 g/mol. The molecule has 0 aliphatic carbocycles. The van der Waals surface area contributed by atoms with Crippen LogP contribution in [0.1, 0.15) is 5.56 Å². The Balaban J connectivity index is 3.50. The van der Waals surface area contributed by atoms with Crippen molar-refractivity contribution >= 4 is 37.5 Å². The zero-order chi connectivity index (χ0) is 10.2. The Morgan fingerprint density at radius 3 is 2.54 bits per heavy atom. The van der Waals surface area contributed by atoms with E-state index in [1.807, 2.05) is 0 Å². The van der Waals surface area contributed by atoms with Crippen molar-refractivity contribution in [1.82, 2.24) is 0 Å². The Morgan fingerprint density at radius 1 is 1.54 bits per heavy atom. The van der Waals surface area contributed by atoms with Gasteiger partial charge in [-0.25, -0.2) is 0 Å². The molecule has 0 saturated heterocycles. The van der Waals surface area contributed by atoms with Crippen molar-refractivity contribution in [1.29, 1.82) is 0 Å². The van der Waals surface area contributed by atoms with Crippen LogP contribution >= 0.6 is 31.9 Å². The maximum absolute atomic E-state index is 10.4. The third-order valence-electron chi connectivity index (χ3n) is 1.60. The van der Waals surface area contributed by atoms with Crippen LogP contribution in [0.15, 0.2) is 15.0 Å². The molecule has 1 rings (SSSR count). The summed E-state index contributed by atoms with van der Waals surface area (Å²) in [5, 5.41) is 19.8. The monoisotopic (exact) mass is 309 g/mol. The van der Waals surface area contributed by atoms with E-state index in [1.54, 1.807) is 6.92 Å². The van der Waals surface area contributed by atoms with Crippen LogP contribution in [0.4, 0.5) is 5.69 Å². The van der Waals surface area contributed by atoms with E-state index in [9.17, 15) is 15.2 Å². The lowest BCUT2D eigenvalue weighted by Crippen LogP contribution is -1.91. The van der Waals surface area contributed by atoms with Crippen LogP contribution in [-0.2, 0) is 0 Å². The first-order valence-corrected chi connectivity index (χ1v) is 4.85. The molecule has 0 spiro atoms. The highest BCUT2D eigenvalue weighted by Gasteiger charge is 2.19. The zero-order valence-electron chi connectivity index (χ0n) is 6.54. The number of nitro benzene ring substituents is 1. The summed E-state index contributed by atoms with van der Waals surface area (Å²) in [6.07, 6.45) is 0. The average Bonchev–Trinajstić information content (AvgIpc) is 2.07. The summed E-state index contributed by atoms with van der Waals surface area (Å²) in [6, 6.07) is 1.27. The van der Waals surface area contributed by atoms with Gasteiger partial charge in [0.1, 0.15) is 0 Å². The topological polar surface area (TPSA) is 63.4 Å². The smallest absolute Gasteiger partial charge is 0.313 e. The normalized spacial score (nSPS) is 10.1. The number of hydrogen-bond acceptors (Lipinski definition) is 3. The van der Waals surface area contributed by atoms with Gasteiger partial charge in [0.05, 0.1) is 9.40 Å². The molecule has 1 aromatic carbocycles. The molecule has 0 saturated carbocycles. The van der Waals surface area contributed by atoms with Gasteiger partial charge in [-0.2, -0.15) is 0 Å². The molecular weight excluding hydrogens is 306 g/mol. The summed E-state index contributed by atoms with van der Waals surface area (Å²) in [7, 11) is 0. The Morgan fingerprint density at radius 2 is 2.08 bits per heavy atom. The predicted molar refractivity (Wildman–Crippen MR) is 54.9 cm³/mol. The second-order valence-corrected chi connectivity index (χ2v) is 4.07. The molecule has 0 atom stereocenters. The Bertz CT molecular complexity index is 378. The summed E-state index contributed by atoms with van der Waals surface area (Å²) < 4.78 is 0.928. The van der Waals surface area contributed by atoms with Gasteiger partial charge in [-0.05, 0) is 28.4 Å². The molecule has 70 valence electrons. The van der Waals surface area contributed by atoms with Gasteiger partial charge in [-0.3, -0.25) is 10.1 Å². The van der Waals surface area contributed by atoms with Gasteiger partial charge >= 0.3 is 5.69 Å². The highest BCUT2D eigenvalue weighted by Crippen LogP contribution is 2.39. The molecule has 0 radical (unpaired) electrons. The van der Waals surface area contributed by atoms with E-state index in [1.165, 1.54) is 6.07 Å². The highest BCUT2D eigenvalue weighted by molar-refractivity contribution is 9.11. The first-order valence-electron chi connectivity index (χ1n) is 3.27. The van der Waals surface area contributed by atoms with Crippen LogP contribution in [0, 0.1) is 17.0 Å². The largest absolute Gasteiger partial charge is 0.501 e. The summed E-state index contributed by atoms with van der Waals surface area (Å²) in [4.78, 5) is 9.81. The standard InChI is InChI=1S/C7H5Br2NO3/c1-3-4(8)2-5(10(12)13)7(11)6(3)9/h2,11H,1H3. The van der Waals surface area contributed by atoms with Crippen LogP contribution < -0.4 is 0 Å². The maximum atomic E-state index is 10.4. The first kappa shape index (κ1) is 10.5. The SMILES string of the molecule is Cc1c(Br)cc([N+](=O)[O-])c(O)c1Br.